The maximum atomic E-state index is 12.0. The first-order chi connectivity index (χ1) is 12.8. The van der Waals surface area contributed by atoms with Crippen molar-refractivity contribution < 1.29 is 24.5 Å². The zero-order valence-corrected chi connectivity index (χ0v) is 15.2. The van der Waals surface area contributed by atoms with Crippen LogP contribution in [0.1, 0.15) is 6.42 Å². The molecule has 0 radical (unpaired) electrons. The zero-order valence-electron chi connectivity index (χ0n) is 14.4. The van der Waals surface area contributed by atoms with Crippen molar-refractivity contribution in [3.8, 4) is 6.07 Å². The van der Waals surface area contributed by atoms with E-state index >= 15 is 0 Å². The van der Waals surface area contributed by atoms with Crippen molar-refractivity contribution in [3.63, 3.8) is 0 Å². The van der Waals surface area contributed by atoms with Gasteiger partial charge in [0.25, 0.3) is 11.3 Å². The molecule has 2 heterocycles. The van der Waals surface area contributed by atoms with Crippen molar-refractivity contribution in [1.82, 2.24) is 9.55 Å². The Kier molecular flexibility index (Phi) is 6.79. The maximum Gasteiger partial charge on any atom is 0.331 e. The number of nitriles is 1. The Balaban J connectivity index is 2.16. The summed E-state index contributed by atoms with van der Waals surface area (Å²) in [6.45, 7) is -0.481. The minimum atomic E-state index is -2.29. The number of rotatable bonds is 7. The van der Waals surface area contributed by atoms with Gasteiger partial charge in [-0.05, 0) is 18.4 Å². The van der Waals surface area contributed by atoms with Crippen LogP contribution >= 0.6 is 11.8 Å². The molecule has 1 fully saturated rings. The van der Waals surface area contributed by atoms with E-state index in [1.165, 1.54) is 11.8 Å². The standard InChI is InChI=1S/C15H20N4O7S/c1-27-5-3-8(17)13(23)25-6-9-11(21)12(22)15(7-16,26-9)19-4-2-10(20)18-14(19)24/h2,4,8-9,11-12,21-22H,3,5-6,17H2,1H3,(H,18,20,24)/t8-,9+,11?,12?,15+/m0/s1. The van der Waals surface area contributed by atoms with Crippen molar-refractivity contribution in [2.75, 3.05) is 18.6 Å². The summed E-state index contributed by atoms with van der Waals surface area (Å²) in [4.78, 5) is 37.0. The molecule has 12 heteroatoms. The number of carbonyl (C=O) groups excluding carboxylic acids is 1. The molecule has 0 saturated carbocycles. The molecule has 0 bridgehead atoms. The Bertz CT molecular complexity index is 834. The molecule has 2 unspecified atom stereocenters. The van der Waals surface area contributed by atoms with Crippen LogP contribution in [0, 0.1) is 11.3 Å². The van der Waals surface area contributed by atoms with Crippen LogP contribution in [0.4, 0.5) is 0 Å². The SMILES string of the molecule is CSCC[C@H](N)C(=O)OC[C@H]1O[C@@](C#N)(n2ccc(=O)[nH]c2=O)C(O)C1O. The van der Waals surface area contributed by atoms with Crippen LogP contribution in [0.3, 0.4) is 0 Å². The van der Waals surface area contributed by atoms with Crippen LogP contribution in [0.15, 0.2) is 21.9 Å². The maximum absolute atomic E-state index is 12.0. The predicted octanol–water partition coefficient (Wildman–Crippen LogP) is -2.54. The Hall–Kier alpha value is -2.17. The second-order valence-corrected chi connectivity index (χ2v) is 6.88. The fourth-order valence-corrected chi connectivity index (χ4v) is 3.09. The van der Waals surface area contributed by atoms with Crippen LogP contribution < -0.4 is 17.0 Å². The number of hydrogen-bond donors (Lipinski definition) is 4. The Morgan fingerprint density at radius 2 is 2.30 bits per heavy atom. The van der Waals surface area contributed by atoms with Gasteiger partial charge in [0.15, 0.2) is 0 Å². The molecule has 2 rings (SSSR count). The molecule has 1 aliphatic rings. The van der Waals surface area contributed by atoms with Gasteiger partial charge in [-0.1, -0.05) is 0 Å². The summed E-state index contributed by atoms with van der Waals surface area (Å²) in [5.74, 6) is -0.0606. The third-order valence-corrected chi connectivity index (χ3v) is 4.75. The first kappa shape index (κ1) is 21.1. The van der Waals surface area contributed by atoms with Crippen molar-refractivity contribution in [2.24, 2.45) is 5.73 Å². The molecule has 1 saturated heterocycles. The van der Waals surface area contributed by atoms with Crippen molar-refractivity contribution in [3.05, 3.63) is 33.1 Å². The first-order valence-corrected chi connectivity index (χ1v) is 9.35. The van der Waals surface area contributed by atoms with Gasteiger partial charge >= 0.3 is 11.7 Å². The smallest absolute Gasteiger partial charge is 0.331 e. The molecule has 0 spiro atoms. The number of hydrogen-bond acceptors (Lipinski definition) is 10. The van der Waals surface area contributed by atoms with Crippen molar-refractivity contribution in [1.29, 1.82) is 5.26 Å². The first-order valence-electron chi connectivity index (χ1n) is 7.95. The van der Waals surface area contributed by atoms with E-state index in [9.17, 15) is 29.9 Å². The topological polar surface area (TPSA) is 181 Å². The molecule has 1 aromatic rings. The lowest BCUT2D eigenvalue weighted by molar-refractivity contribution is -0.155. The summed E-state index contributed by atoms with van der Waals surface area (Å²) in [7, 11) is 0. The zero-order chi connectivity index (χ0) is 20.2. The van der Waals surface area contributed by atoms with Gasteiger partial charge in [0, 0.05) is 12.3 Å². The lowest BCUT2D eigenvalue weighted by atomic mass is 10.0. The van der Waals surface area contributed by atoms with Crippen molar-refractivity contribution in [2.45, 2.75) is 36.5 Å². The molecule has 0 aromatic carbocycles. The molecule has 1 aromatic heterocycles. The van der Waals surface area contributed by atoms with E-state index in [-0.39, 0.29) is 0 Å². The number of esters is 1. The number of ether oxygens (including phenoxy) is 2. The van der Waals surface area contributed by atoms with E-state index < -0.39 is 53.9 Å². The number of thioether (sulfide) groups is 1. The molecule has 0 amide bonds. The number of aliphatic hydroxyl groups is 2. The fraction of sp³-hybridized carbons (Fsp3) is 0.600. The number of nitrogens with two attached hydrogens (primary N) is 1. The Labute approximate surface area is 157 Å². The highest BCUT2D eigenvalue weighted by Crippen LogP contribution is 2.34. The molecule has 27 heavy (non-hydrogen) atoms. The molecular weight excluding hydrogens is 380 g/mol. The summed E-state index contributed by atoms with van der Waals surface area (Å²) in [5, 5.41) is 30.0. The van der Waals surface area contributed by atoms with Crippen LogP contribution in [-0.2, 0) is 20.0 Å². The average Bonchev–Trinajstić information content (AvgIpc) is 2.89. The minimum absolute atomic E-state index is 0.394. The summed E-state index contributed by atoms with van der Waals surface area (Å²) in [5.41, 5.74) is 1.68. The Morgan fingerprint density at radius 3 is 2.89 bits per heavy atom. The van der Waals surface area contributed by atoms with Crippen LogP contribution in [0.5, 0.6) is 0 Å². The number of carbonyl (C=O) groups is 1. The quantitative estimate of drug-likeness (QED) is 0.356. The van der Waals surface area contributed by atoms with Gasteiger partial charge in [0.05, 0.1) is 0 Å². The van der Waals surface area contributed by atoms with E-state index in [0.29, 0.717) is 16.7 Å². The highest BCUT2D eigenvalue weighted by Gasteiger charge is 2.57. The largest absolute Gasteiger partial charge is 0.462 e. The van der Waals surface area contributed by atoms with E-state index in [1.807, 2.05) is 11.2 Å². The number of nitrogens with zero attached hydrogens (tertiary/aromatic N) is 2. The van der Waals surface area contributed by atoms with Gasteiger partial charge in [0.2, 0.25) is 0 Å². The fourth-order valence-electron chi connectivity index (χ4n) is 2.60. The molecule has 5 atom stereocenters. The molecular formula is C15H20N4O7S. The monoisotopic (exact) mass is 400 g/mol. The van der Waals surface area contributed by atoms with Crippen molar-refractivity contribution >= 4 is 17.7 Å². The van der Waals surface area contributed by atoms with Crippen LogP contribution in [-0.4, -0.2) is 68.7 Å². The van der Waals surface area contributed by atoms with E-state index in [4.69, 9.17) is 15.2 Å². The number of aromatic nitrogens is 2. The van der Waals surface area contributed by atoms with E-state index in [1.54, 1.807) is 6.07 Å². The van der Waals surface area contributed by atoms with Gasteiger partial charge in [-0.15, -0.1) is 0 Å². The summed E-state index contributed by atoms with van der Waals surface area (Å²) in [6, 6.07) is 1.74. The highest BCUT2D eigenvalue weighted by atomic mass is 32.2. The molecule has 1 aliphatic heterocycles. The molecule has 0 aliphatic carbocycles. The molecule has 11 nitrogen and oxygen atoms in total. The lowest BCUT2D eigenvalue weighted by Gasteiger charge is -2.26. The normalized spacial score (nSPS) is 28.5. The molecule has 148 valence electrons. The number of nitrogens with one attached hydrogen (secondary N) is 1. The number of aromatic amines is 1. The van der Waals surface area contributed by atoms with Crippen LogP contribution in [0.2, 0.25) is 0 Å². The van der Waals surface area contributed by atoms with E-state index in [2.05, 4.69) is 0 Å². The highest BCUT2D eigenvalue weighted by molar-refractivity contribution is 7.98. The second-order valence-electron chi connectivity index (χ2n) is 5.90. The van der Waals surface area contributed by atoms with Gasteiger partial charge in [0.1, 0.15) is 37.0 Å². The van der Waals surface area contributed by atoms with Gasteiger partial charge in [-0.25, -0.2) is 4.79 Å². The van der Waals surface area contributed by atoms with E-state index in [0.717, 1.165) is 12.3 Å². The third-order valence-electron chi connectivity index (χ3n) is 4.10. The van der Waals surface area contributed by atoms with Gasteiger partial charge < -0.3 is 25.4 Å². The Morgan fingerprint density at radius 1 is 1.59 bits per heavy atom. The lowest BCUT2D eigenvalue weighted by Crippen LogP contribution is -2.50. The minimum Gasteiger partial charge on any atom is -0.462 e. The summed E-state index contributed by atoms with van der Waals surface area (Å²) >= 11 is 1.51. The van der Waals surface area contributed by atoms with Gasteiger partial charge in [-0.2, -0.15) is 17.0 Å². The third kappa shape index (κ3) is 4.23. The molecule has 5 N–H and O–H groups in total. The summed E-state index contributed by atoms with van der Waals surface area (Å²) in [6.07, 6.45) is -1.52. The summed E-state index contributed by atoms with van der Waals surface area (Å²) < 4.78 is 11.1. The average molecular weight is 400 g/mol. The van der Waals surface area contributed by atoms with Gasteiger partial charge in [-0.3, -0.25) is 19.1 Å². The number of H-pyrrole nitrogens is 1. The predicted molar refractivity (Wildman–Crippen MR) is 93.7 cm³/mol. The second kappa shape index (κ2) is 8.68. The van der Waals surface area contributed by atoms with Crippen LogP contribution in [0.25, 0.3) is 0 Å². The number of aliphatic hydroxyl groups excluding tert-OH is 2.